The fourth-order valence-electron chi connectivity index (χ4n) is 1.31. The smallest absolute Gasteiger partial charge is 0.397 e. The number of nitrogens with two attached hydrogens (primary N) is 2. The largest absolute Gasteiger partial charge is 0.508 e. The summed E-state index contributed by atoms with van der Waals surface area (Å²) < 4.78 is 65.0. The first-order valence-electron chi connectivity index (χ1n) is 6.79. The van der Waals surface area contributed by atoms with Crippen molar-refractivity contribution in [1.82, 2.24) is 0 Å². The maximum absolute atomic E-state index is 10.8. The van der Waals surface area contributed by atoms with E-state index in [2.05, 4.69) is 25.3 Å². The third-order valence-electron chi connectivity index (χ3n) is 2.42. The number of aromatic hydroxyl groups is 2. The van der Waals surface area contributed by atoms with E-state index in [1.54, 1.807) is 24.3 Å². The van der Waals surface area contributed by atoms with Crippen LogP contribution < -0.4 is 11.5 Å². The van der Waals surface area contributed by atoms with E-state index >= 15 is 0 Å². The van der Waals surface area contributed by atoms with Crippen molar-refractivity contribution in [3.8, 4) is 11.5 Å². The van der Waals surface area contributed by atoms with E-state index in [1.807, 2.05) is 0 Å². The minimum absolute atomic E-state index is 0.172. The van der Waals surface area contributed by atoms with E-state index in [0.717, 1.165) is 0 Å². The second kappa shape index (κ2) is 10.3. The van der Waals surface area contributed by atoms with Crippen LogP contribution in [0.4, 0.5) is 37.7 Å². The lowest BCUT2D eigenvalue weighted by Crippen LogP contribution is -2.20. The number of anilines is 2. The molecule has 0 saturated carbocycles. The van der Waals surface area contributed by atoms with E-state index in [-0.39, 0.29) is 11.5 Å². The van der Waals surface area contributed by atoms with Crippen molar-refractivity contribution in [2.45, 2.75) is 28.6 Å². The molecule has 0 atom stereocenters. The van der Waals surface area contributed by atoms with Crippen LogP contribution in [-0.2, 0) is 0 Å². The van der Waals surface area contributed by atoms with Gasteiger partial charge in [0.25, 0.3) is 0 Å². The van der Waals surface area contributed by atoms with Crippen molar-refractivity contribution in [1.29, 1.82) is 0 Å². The van der Waals surface area contributed by atoms with Gasteiger partial charge in [-0.1, -0.05) is 0 Å². The molecule has 0 spiro atoms. The van der Waals surface area contributed by atoms with Crippen LogP contribution in [0.2, 0.25) is 0 Å². The molecule has 27 heavy (non-hydrogen) atoms. The Labute approximate surface area is 161 Å². The van der Waals surface area contributed by atoms with Crippen molar-refractivity contribution >= 4 is 36.6 Å². The lowest BCUT2D eigenvalue weighted by molar-refractivity contribution is -0.232. The van der Waals surface area contributed by atoms with E-state index in [1.165, 1.54) is 12.1 Å². The average molecular weight is 434 g/mol. The van der Waals surface area contributed by atoms with Gasteiger partial charge in [0.15, 0.2) is 0 Å². The highest BCUT2D eigenvalue weighted by Gasteiger charge is 2.43. The number of halogens is 6. The summed E-state index contributed by atoms with van der Waals surface area (Å²) in [7, 11) is 0. The third-order valence-corrected chi connectivity index (χ3v) is 3.24. The molecule has 0 bridgehead atoms. The van der Waals surface area contributed by atoms with Gasteiger partial charge in [0.1, 0.15) is 17.9 Å². The van der Waals surface area contributed by atoms with Gasteiger partial charge in [-0.15, -0.1) is 25.3 Å². The maximum atomic E-state index is 10.8. The van der Waals surface area contributed by atoms with Gasteiger partial charge < -0.3 is 21.7 Å². The van der Waals surface area contributed by atoms with E-state index < -0.39 is 18.8 Å². The summed E-state index contributed by atoms with van der Waals surface area (Å²) >= 11 is 8.02. The molecule has 4 nitrogen and oxygen atoms in total. The quantitative estimate of drug-likeness (QED) is 0.199. The molecule has 0 aliphatic carbocycles. The normalized spacial score (nSPS) is 11.0. The minimum atomic E-state index is -5.14. The molecule has 0 aliphatic heterocycles. The molecule has 0 aliphatic rings. The van der Waals surface area contributed by atoms with Gasteiger partial charge in [-0.2, -0.15) is 26.3 Å². The Hall–Kier alpha value is -2.08. The van der Waals surface area contributed by atoms with E-state index in [0.29, 0.717) is 21.2 Å². The minimum Gasteiger partial charge on any atom is -0.508 e. The summed E-state index contributed by atoms with van der Waals surface area (Å²) in [4.78, 5) is 1.38. The molecule has 0 aromatic heterocycles. The molecule has 0 unspecified atom stereocenters. The van der Waals surface area contributed by atoms with Crippen LogP contribution in [0.5, 0.6) is 11.5 Å². The van der Waals surface area contributed by atoms with Crippen LogP contribution in [0.25, 0.3) is 0 Å². The first-order valence-corrected chi connectivity index (χ1v) is 7.68. The van der Waals surface area contributed by atoms with Gasteiger partial charge >= 0.3 is 12.4 Å². The van der Waals surface area contributed by atoms with Gasteiger partial charge in [0.2, 0.25) is 0 Å². The highest BCUT2D eigenvalue weighted by atomic mass is 32.1. The van der Waals surface area contributed by atoms with Crippen molar-refractivity contribution in [3.63, 3.8) is 0 Å². The Kier molecular flexibility index (Phi) is 9.51. The lowest BCUT2D eigenvalue weighted by Gasteiger charge is -2.08. The zero-order valence-corrected chi connectivity index (χ0v) is 15.2. The molecule has 2 aromatic carbocycles. The fourth-order valence-corrected chi connectivity index (χ4v) is 1.59. The SMILES string of the molecule is FC(F)(F)CC(F)(F)F.Nc1cc(O)ccc1S.Nc1cc(O)ccc1S. The Morgan fingerprint density at radius 2 is 1.00 bits per heavy atom. The molecule has 2 rings (SSSR count). The number of hydrogen-bond acceptors (Lipinski definition) is 6. The first kappa shape index (κ1) is 24.9. The highest BCUT2D eigenvalue weighted by molar-refractivity contribution is 7.80. The molecular weight excluding hydrogens is 418 g/mol. The topological polar surface area (TPSA) is 92.5 Å². The van der Waals surface area contributed by atoms with Gasteiger partial charge in [-0.05, 0) is 24.3 Å². The van der Waals surface area contributed by atoms with Gasteiger partial charge in [0, 0.05) is 33.3 Å². The third kappa shape index (κ3) is 12.8. The van der Waals surface area contributed by atoms with Crippen molar-refractivity contribution in [2.24, 2.45) is 0 Å². The summed E-state index contributed by atoms with van der Waals surface area (Å²) in [6.45, 7) is 0. The standard InChI is InChI=1S/2C6H7NOS.C3H2F6/c2*7-5-3-4(8)1-2-6(5)9;4-2(5,6)1-3(7,8)9/h2*1-3,8-9H,7H2;1H2. The van der Waals surface area contributed by atoms with Crippen LogP contribution in [0.3, 0.4) is 0 Å². The maximum Gasteiger partial charge on any atom is 0.397 e. The molecule has 2 aromatic rings. The molecule has 152 valence electrons. The summed E-state index contributed by atoms with van der Waals surface area (Å²) in [6.07, 6.45) is -13.0. The van der Waals surface area contributed by atoms with Crippen molar-refractivity contribution < 1.29 is 36.6 Å². The second-order valence-corrected chi connectivity index (χ2v) is 5.86. The zero-order valence-electron chi connectivity index (χ0n) is 13.4. The van der Waals surface area contributed by atoms with Crippen molar-refractivity contribution in [2.75, 3.05) is 11.5 Å². The van der Waals surface area contributed by atoms with Crippen LogP contribution in [0.15, 0.2) is 46.2 Å². The number of rotatable bonds is 0. The number of benzene rings is 2. The van der Waals surface area contributed by atoms with Gasteiger partial charge in [-0.3, -0.25) is 0 Å². The summed E-state index contributed by atoms with van der Waals surface area (Å²) in [5, 5.41) is 17.6. The van der Waals surface area contributed by atoms with E-state index in [4.69, 9.17) is 21.7 Å². The number of alkyl halides is 6. The fraction of sp³-hybridized carbons (Fsp3) is 0.200. The van der Waals surface area contributed by atoms with E-state index in [9.17, 15) is 26.3 Å². The average Bonchev–Trinajstić information content (AvgIpc) is 2.45. The molecule has 0 heterocycles. The van der Waals surface area contributed by atoms with Crippen LogP contribution in [-0.4, -0.2) is 22.6 Å². The molecule has 0 saturated heterocycles. The summed E-state index contributed by atoms with van der Waals surface area (Å²) in [5.41, 5.74) is 11.8. The molecule has 0 radical (unpaired) electrons. The van der Waals surface area contributed by atoms with Crippen LogP contribution in [0, 0.1) is 0 Å². The Morgan fingerprint density at radius 3 is 1.15 bits per heavy atom. The Balaban J connectivity index is 0.000000376. The van der Waals surface area contributed by atoms with Crippen molar-refractivity contribution in [3.05, 3.63) is 36.4 Å². The van der Waals surface area contributed by atoms with Gasteiger partial charge in [-0.25, -0.2) is 0 Å². The summed E-state index contributed by atoms with van der Waals surface area (Å²) in [6, 6.07) is 9.30. The number of hydrogen-bond donors (Lipinski definition) is 6. The molecule has 0 amide bonds. The van der Waals surface area contributed by atoms with Crippen LogP contribution in [0.1, 0.15) is 6.42 Å². The zero-order chi connectivity index (χ0) is 21.4. The highest BCUT2D eigenvalue weighted by Crippen LogP contribution is 2.31. The second-order valence-electron chi connectivity index (χ2n) is 4.89. The molecule has 12 heteroatoms. The Morgan fingerprint density at radius 1 is 0.704 bits per heavy atom. The Bertz CT molecular complexity index is 678. The molecular formula is C15H16F6N2O2S2. The molecule has 6 N–H and O–H groups in total. The number of phenolic OH excluding ortho intramolecular Hbond substituents is 2. The number of phenols is 2. The van der Waals surface area contributed by atoms with Gasteiger partial charge in [0.05, 0.1) is 0 Å². The van der Waals surface area contributed by atoms with Crippen LogP contribution >= 0.6 is 25.3 Å². The monoisotopic (exact) mass is 434 g/mol. The number of nitrogen functional groups attached to an aromatic ring is 2. The first-order chi connectivity index (χ1) is 12.1. The number of thiol groups is 2. The predicted octanol–water partition coefficient (Wildman–Crippen LogP) is 5.03. The predicted molar refractivity (Wildman–Crippen MR) is 96.3 cm³/mol. The summed E-state index contributed by atoms with van der Waals surface area (Å²) in [5.74, 6) is 0.343. The molecule has 0 fully saturated rings. The lowest BCUT2D eigenvalue weighted by atomic mass is 10.3.